The number of hydrogen-bond donors (Lipinski definition) is 0. The first kappa shape index (κ1) is 17.1. The number of amides is 1. The molecule has 0 aliphatic carbocycles. The van der Waals surface area contributed by atoms with E-state index in [-0.39, 0.29) is 18.6 Å². The Labute approximate surface area is 147 Å². The minimum Gasteiger partial charge on any atom is -0.497 e. The second-order valence-corrected chi connectivity index (χ2v) is 6.21. The second kappa shape index (κ2) is 7.42. The van der Waals surface area contributed by atoms with Gasteiger partial charge in [-0.25, -0.2) is 4.98 Å². The summed E-state index contributed by atoms with van der Waals surface area (Å²) in [5.41, 5.74) is 0.308. The van der Waals surface area contributed by atoms with E-state index in [1.165, 1.54) is 6.26 Å². The lowest BCUT2D eigenvalue weighted by atomic mass is 10.0. The van der Waals surface area contributed by atoms with E-state index < -0.39 is 0 Å². The van der Waals surface area contributed by atoms with E-state index in [2.05, 4.69) is 24.9 Å². The molecule has 2 aromatic rings. The molecule has 1 aliphatic rings. The number of benzene rings is 1. The number of ether oxygens (including phenoxy) is 2. The summed E-state index contributed by atoms with van der Waals surface area (Å²) in [5, 5.41) is 0. The van der Waals surface area contributed by atoms with Gasteiger partial charge in [0.05, 0.1) is 13.2 Å². The molecule has 6 heteroatoms. The molecule has 1 aromatic heterocycles. The lowest BCUT2D eigenvalue weighted by Gasteiger charge is -2.26. The van der Waals surface area contributed by atoms with Gasteiger partial charge in [0.15, 0.2) is 12.3 Å². The highest BCUT2D eigenvalue weighted by Crippen LogP contribution is 2.21. The summed E-state index contributed by atoms with van der Waals surface area (Å²) < 4.78 is 16.1. The van der Waals surface area contributed by atoms with Crippen LogP contribution in [0.2, 0.25) is 0 Å². The summed E-state index contributed by atoms with van der Waals surface area (Å²) >= 11 is 0. The Morgan fingerprint density at radius 3 is 2.72 bits per heavy atom. The van der Waals surface area contributed by atoms with Crippen LogP contribution in [0, 0.1) is 5.92 Å². The maximum atomic E-state index is 12.6. The third-order valence-corrected chi connectivity index (χ3v) is 4.13. The minimum absolute atomic E-state index is 0.100. The molecule has 0 bridgehead atoms. The van der Waals surface area contributed by atoms with Crippen molar-refractivity contribution in [2.45, 2.75) is 26.5 Å². The van der Waals surface area contributed by atoms with E-state index in [1.807, 2.05) is 18.2 Å². The SMILES string of the molecule is COc1ccc(OCc2nc(C(=O)N3CC=CC3C(C)C)co2)cc1. The Hall–Kier alpha value is -2.76. The molecule has 25 heavy (non-hydrogen) atoms. The Bertz CT molecular complexity index is 749. The molecular formula is C19H22N2O4. The van der Waals surface area contributed by atoms with Gasteiger partial charge in [0.1, 0.15) is 17.8 Å². The van der Waals surface area contributed by atoms with Gasteiger partial charge in [-0.3, -0.25) is 4.79 Å². The van der Waals surface area contributed by atoms with Crippen molar-refractivity contribution in [1.82, 2.24) is 9.88 Å². The molecule has 0 N–H and O–H groups in total. The van der Waals surface area contributed by atoms with Crippen LogP contribution in [0.25, 0.3) is 0 Å². The maximum Gasteiger partial charge on any atom is 0.276 e. The van der Waals surface area contributed by atoms with E-state index in [9.17, 15) is 4.79 Å². The van der Waals surface area contributed by atoms with E-state index in [0.717, 1.165) is 5.75 Å². The number of rotatable bonds is 6. The van der Waals surface area contributed by atoms with Crippen molar-refractivity contribution < 1.29 is 18.7 Å². The van der Waals surface area contributed by atoms with Gasteiger partial charge in [-0.05, 0) is 30.2 Å². The summed E-state index contributed by atoms with van der Waals surface area (Å²) in [7, 11) is 1.61. The molecular weight excluding hydrogens is 320 g/mol. The zero-order chi connectivity index (χ0) is 17.8. The Morgan fingerprint density at radius 2 is 2.04 bits per heavy atom. The normalized spacial score (nSPS) is 16.5. The molecule has 0 radical (unpaired) electrons. The zero-order valence-corrected chi connectivity index (χ0v) is 14.6. The van der Waals surface area contributed by atoms with Crippen LogP contribution in [0.4, 0.5) is 0 Å². The van der Waals surface area contributed by atoms with Crippen molar-refractivity contribution in [3.63, 3.8) is 0 Å². The number of carbonyl (C=O) groups excluding carboxylic acids is 1. The summed E-state index contributed by atoms with van der Waals surface area (Å²) in [6.07, 6.45) is 5.47. The van der Waals surface area contributed by atoms with Crippen LogP contribution in [0.15, 0.2) is 47.1 Å². The van der Waals surface area contributed by atoms with Crippen molar-refractivity contribution in [3.05, 3.63) is 54.3 Å². The van der Waals surface area contributed by atoms with Gasteiger partial charge in [-0.1, -0.05) is 26.0 Å². The van der Waals surface area contributed by atoms with Gasteiger partial charge in [0.25, 0.3) is 5.91 Å². The predicted octanol–water partition coefficient (Wildman–Crippen LogP) is 3.30. The van der Waals surface area contributed by atoms with Crippen LogP contribution in [0.5, 0.6) is 11.5 Å². The molecule has 1 atom stereocenters. The number of oxazole rings is 1. The molecule has 1 aromatic carbocycles. The first-order valence-electron chi connectivity index (χ1n) is 8.27. The van der Waals surface area contributed by atoms with Gasteiger partial charge in [-0.2, -0.15) is 0 Å². The fraction of sp³-hybridized carbons (Fsp3) is 0.368. The number of carbonyl (C=O) groups is 1. The van der Waals surface area contributed by atoms with Crippen LogP contribution in [-0.2, 0) is 6.61 Å². The van der Waals surface area contributed by atoms with Crippen molar-refractivity contribution in [2.75, 3.05) is 13.7 Å². The molecule has 0 spiro atoms. The summed E-state index contributed by atoms with van der Waals surface area (Å²) in [6.45, 7) is 4.95. The van der Waals surface area contributed by atoms with Gasteiger partial charge in [0, 0.05) is 6.54 Å². The summed E-state index contributed by atoms with van der Waals surface area (Å²) in [6, 6.07) is 7.33. The lowest BCUT2D eigenvalue weighted by Crippen LogP contribution is -2.39. The largest absolute Gasteiger partial charge is 0.497 e. The first-order chi connectivity index (χ1) is 12.1. The smallest absolute Gasteiger partial charge is 0.276 e. The molecule has 132 valence electrons. The highest BCUT2D eigenvalue weighted by Gasteiger charge is 2.29. The predicted molar refractivity (Wildman–Crippen MR) is 92.6 cm³/mol. The number of nitrogens with zero attached hydrogens (tertiary/aromatic N) is 2. The van der Waals surface area contributed by atoms with Crippen molar-refractivity contribution >= 4 is 5.91 Å². The lowest BCUT2D eigenvalue weighted by molar-refractivity contribution is 0.0714. The maximum absolute atomic E-state index is 12.6. The summed E-state index contributed by atoms with van der Waals surface area (Å²) in [5.74, 6) is 2.04. The van der Waals surface area contributed by atoms with E-state index in [4.69, 9.17) is 13.9 Å². The number of aromatic nitrogens is 1. The van der Waals surface area contributed by atoms with Crippen LogP contribution >= 0.6 is 0 Å². The molecule has 1 aliphatic heterocycles. The van der Waals surface area contributed by atoms with Crippen LogP contribution < -0.4 is 9.47 Å². The topological polar surface area (TPSA) is 64.8 Å². The van der Waals surface area contributed by atoms with Crippen molar-refractivity contribution in [3.8, 4) is 11.5 Å². The average molecular weight is 342 g/mol. The molecule has 0 saturated heterocycles. The average Bonchev–Trinajstić information content (AvgIpc) is 3.29. The van der Waals surface area contributed by atoms with Crippen LogP contribution in [0.3, 0.4) is 0 Å². The van der Waals surface area contributed by atoms with E-state index in [0.29, 0.717) is 29.8 Å². The van der Waals surface area contributed by atoms with Gasteiger partial charge >= 0.3 is 0 Å². The fourth-order valence-corrected chi connectivity index (χ4v) is 2.78. The number of methoxy groups -OCH3 is 1. The highest BCUT2D eigenvalue weighted by atomic mass is 16.5. The summed E-state index contributed by atoms with van der Waals surface area (Å²) in [4.78, 5) is 18.7. The second-order valence-electron chi connectivity index (χ2n) is 6.21. The van der Waals surface area contributed by atoms with Crippen LogP contribution in [-0.4, -0.2) is 35.5 Å². The Morgan fingerprint density at radius 1 is 1.32 bits per heavy atom. The van der Waals surface area contributed by atoms with Crippen LogP contribution in [0.1, 0.15) is 30.2 Å². The van der Waals surface area contributed by atoms with Gasteiger partial charge < -0.3 is 18.8 Å². The monoisotopic (exact) mass is 342 g/mol. The highest BCUT2D eigenvalue weighted by molar-refractivity contribution is 5.92. The molecule has 0 saturated carbocycles. The number of hydrogen-bond acceptors (Lipinski definition) is 5. The first-order valence-corrected chi connectivity index (χ1v) is 8.27. The quantitative estimate of drug-likeness (QED) is 0.754. The van der Waals surface area contributed by atoms with Crippen molar-refractivity contribution in [2.24, 2.45) is 5.92 Å². The van der Waals surface area contributed by atoms with Gasteiger partial charge in [0.2, 0.25) is 5.89 Å². The van der Waals surface area contributed by atoms with Crippen molar-refractivity contribution in [1.29, 1.82) is 0 Å². The molecule has 2 heterocycles. The molecule has 1 amide bonds. The zero-order valence-electron chi connectivity index (χ0n) is 14.6. The fourth-order valence-electron chi connectivity index (χ4n) is 2.78. The molecule has 0 fully saturated rings. The third kappa shape index (κ3) is 3.84. The van der Waals surface area contributed by atoms with Gasteiger partial charge in [-0.15, -0.1) is 0 Å². The standard InChI is InChI=1S/C19H22N2O4/c1-13(2)17-5-4-10-21(17)19(22)16-11-25-18(20-16)12-24-15-8-6-14(23-3)7-9-15/h4-9,11,13,17H,10,12H2,1-3H3. The Kier molecular flexibility index (Phi) is 5.07. The molecule has 6 nitrogen and oxygen atoms in total. The Balaban J connectivity index is 1.61. The van der Waals surface area contributed by atoms with E-state index in [1.54, 1.807) is 24.1 Å². The molecule has 1 unspecified atom stereocenters. The molecule has 3 rings (SSSR count). The van der Waals surface area contributed by atoms with E-state index >= 15 is 0 Å². The third-order valence-electron chi connectivity index (χ3n) is 4.13. The minimum atomic E-state index is -0.122.